The van der Waals surface area contributed by atoms with Crippen molar-refractivity contribution in [3.63, 3.8) is 0 Å². The number of hydrogen-bond acceptors (Lipinski definition) is 6. The number of ether oxygens (including phenoxy) is 2. The molecule has 7 nitrogen and oxygen atoms in total. The largest absolute Gasteiger partial charge is 0.463 e. The molecule has 0 radical (unpaired) electrons. The van der Waals surface area contributed by atoms with Crippen LogP contribution in [0.5, 0.6) is 0 Å². The van der Waals surface area contributed by atoms with E-state index < -0.39 is 27.5 Å². The first-order chi connectivity index (χ1) is 7.27. The van der Waals surface area contributed by atoms with Crippen LogP contribution in [-0.4, -0.2) is 37.0 Å². The molecule has 0 aliphatic heterocycles. The van der Waals surface area contributed by atoms with Gasteiger partial charge in [-0.2, -0.15) is 8.42 Å². The van der Waals surface area contributed by atoms with Gasteiger partial charge in [-0.05, 0) is 13.8 Å². The van der Waals surface area contributed by atoms with Gasteiger partial charge in [0.05, 0.1) is 6.61 Å². The second-order valence-corrected chi connectivity index (χ2v) is 4.30. The van der Waals surface area contributed by atoms with Crippen LogP contribution in [0.4, 0.5) is 0 Å². The van der Waals surface area contributed by atoms with Crippen LogP contribution in [0.25, 0.3) is 0 Å². The molecule has 0 aliphatic rings. The summed E-state index contributed by atoms with van der Waals surface area (Å²) >= 11 is 0. The van der Waals surface area contributed by atoms with E-state index in [1.807, 2.05) is 0 Å². The van der Waals surface area contributed by atoms with Crippen molar-refractivity contribution >= 4 is 22.1 Å². The molecular weight excluding hydrogens is 240 g/mol. The lowest BCUT2D eigenvalue weighted by Gasteiger charge is -2.07. The number of rotatable bonds is 5. The van der Waals surface area contributed by atoms with Gasteiger partial charge in [-0.25, -0.2) is 9.59 Å². The van der Waals surface area contributed by atoms with Gasteiger partial charge in [0.25, 0.3) is 0 Å². The quantitative estimate of drug-likeness (QED) is 0.413. The lowest BCUT2D eigenvalue weighted by molar-refractivity contribution is -0.141. The van der Waals surface area contributed by atoms with Crippen LogP contribution in [0, 0.1) is 0 Å². The van der Waals surface area contributed by atoms with E-state index in [9.17, 15) is 18.0 Å². The minimum atomic E-state index is -4.44. The van der Waals surface area contributed by atoms with E-state index in [1.54, 1.807) is 6.92 Å². The smallest absolute Gasteiger partial charge is 0.332 e. The van der Waals surface area contributed by atoms with E-state index in [0.29, 0.717) is 6.08 Å². The second-order valence-electron chi connectivity index (χ2n) is 2.60. The first kappa shape index (κ1) is 14.6. The van der Waals surface area contributed by atoms with E-state index in [2.05, 4.69) is 9.47 Å². The van der Waals surface area contributed by atoms with Crippen molar-refractivity contribution in [1.82, 2.24) is 0 Å². The van der Waals surface area contributed by atoms with Gasteiger partial charge in [0.1, 0.15) is 0 Å². The molecule has 0 aromatic rings. The van der Waals surface area contributed by atoms with Gasteiger partial charge in [0.15, 0.2) is 0 Å². The summed E-state index contributed by atoms with van der Waals surface area (Å²) in [6, 6.07) is 0. The predicted molar refractivity (Wildman–Crippen MR) is 52.9 cm³/mol. The standard InChI is InChI=1S/C8H12O7S/c1-3-14-7(9)4-5-8(10)15-6(2)16(11,12)13/h4-6H,3H2,1-2H3,(H,11,12,13)/b5-4-. The van der Waals surface area contributed by atoms with Crippen LogP contribution in [0.15, 0.2) is 12.2 Å². The Balaban J connectivity index is 4.25. The summed E-state index contributed by atoms with van der Waals surface area (Å²) in [5.74, 6) is -1.82. The number of hydrogen-bond donors (Lipinski definition) is 1. The monoisotopic (exact) mass is 252 g/mol. The van der Waals surface area contributed by atoms with Crippen LogP contribution in [0.1, 0.15) is 13.8 Å². The lowest BCUT2D eigenvalue weighted by Crippen LogP contribution is -2.22. The first-order valence-corrected chi connectivity index (χ1v) is 5.79. The Kier molecular flexibility index (Phi) is 5.68. The molecule has 92 valence electrons. The fraction of sp³-hybridized carbons (Fsp3) is 0.500. The van der Waals surface area contributed by atoms with Crippen LogP contribution in [-0.2, 0) is 29.2 Å². The molecule has 0 bridgehead atoms. The molecule has 0 fully saturated rings. The highest BCUT2D eigenvalue weighted by molar-refractivity contribution is 7.86. The molecule has 0 amide bonds. The third-order valence-corrected chi connectivity index (χ3v) is 2.28. The minimum Gasteiger partial charge on any atom is -0.463 e. The van der Waals surface area contributed by atoms with Crippen molar-refractivity contribution in [2.75, 3.05) is 6.61 Å². The maximum atomic E-state index is 10.9. The van der Waals surface area contributed by atoms with Gasteiger partial charge < -0.3 is 9.47 Å². The summed E-state index contributed by atoms with van der Waals surface area (Å²) in [5, 5.41) is 0. The summed E-state index contributed by atoms with van der Waals surface area (Å²) in [7, 11) is -4.44. The third kappa shape index (κ3) is 6.14. The molecule has 0 aromatic carbocycles. The second kappa shape index (κ2) is 6.23. The van der Waals surface area contributed by atoms with Crippen LogP contribution in [0.2, 0.25) is 0 Å². The van der Waals surface area contributed by atoms with Crippen molar-refractivity contribution in [2.24, 2.45) is 0 Å². The predicted octanol–water partition coefficient (Wildman–Crippen LogP) is -0.117. The fourth-order valence-electron chi connectivity index (χ4n) is 0.590. The van der Waals surface area contributed by atoms with E-state index >= 15 is 0 Å². The summed E-state index contributed by atoms with van der Waals surface area (Å²) < 4.78 is 38.2. The highest BCUT2D eigenvalue weighted by atomic mass is 32.2. The van der Waals surface area contributed by atoms with E-state index in [-0.39, 0.29) is 6.61 Å². The molecule has 0 spiro atoms. The topological polar surface area (TPSA) is 107 Å². The third-order valence-electron chi connectivity index (χ3n) is 1.34. The van der Waals surface area contributed by atoms with Crippen molar-refractivity contribution in [3.05, 3.63) is 12.2 Å². The molecule has 1 N–H and O–H groups in total. The van der Waals surface area contributed by atoms with Crippen molar-refractivity contribution in [1.29, 1.82) is 0 Å². The minimum absolute atomic E-state index is 0.152. The highest BCUT2D eigenvalue weighted by Crippen LogP contribution is 2.00. The molecule has 0 aromatic heterocycles. The molecule has 8 heteroatoms. The maximum absolute atomic E-state index is 10.9. The van der Waals surface area contributed by atoms with Gasteiger partial charge >= 0.3 is 22.1 Å². The van der Waals surface area contributed by atoms with E-state index in [4.69, 9.17) is 4.55 Å². The molecule has 0 saturated heterocycles. The Morgan fingerprint density at radius 1 is 1.31 bits per heavy atom. The Labute approximate surface area is 92.8 Å². The molecule has 0 aliphatic carbocycles. The zero-order valence-electron chi connectivity index (χ0n) is 8.74. The summed E-state index contributed by atoms with van der Waals surface area (Å²) in [6.07, 6.45) is 1.50. The average molecular weight is 252 g/mol. The molecule has 0 saturated carbocycles. The van der Waals surface area contributed by atoms with Crippen molar-refractivity contribution < 1.29 is 32.0 Å². The van der Waals surface area contributed by atoms with E-state index in [1.165, 1.54) is 0 Å². The van der Waals surface area contributed by atoms with Gasteiger partial charge in [-0.1, -0.05) is 0 Å². The normalized spacial score (nSPS) is 13.4. The lowest BCUT2D eigenvalue weighted by atomic mass is 10.5. The Hall–Kier alpha value is -1.41. The number of carbonyl (C=O) groups is 2. The van der Waals surface area contributed by atoms with Crippen LogP contribution >= 0.6 is 0 Å². The zero-order chi connectivity index (χ0) is 12.8. The van der Waals surface area contributed by atoms with Crippen LogP contribution < -0.4 is 0 Å². The van der Waals surface area contributed by atoms with Gasteiger partial charge in [-0.15, -0.1) is 0 Å². The molecular formula is C8H12O7S. The zero-order valence-corrected chi connectivity index (χ0v) is 9.56. The molecule has 1 unspecified atom stereocenters. The fourth-order valence-corrected chi connectivity index (χ4v) is 0.807. The summed E-state index contributed by atoms with van der Waals surface area (Å²) in [6.45, 7) is 2.72. The summed E-state index contributed by atoms with van der Waals surface area (Å²) in [4.78, 5) is 21.7. The Morgan fingerprint density at radius 2 is 1.81 bits per heavy atom. The Morgan fingerprint density at radius 3 is 2.25 bits per heavy atom. The van der Waals surface area contributed by atoms with E-state index in [0.717, 1.165) is 13.0 Å². The molecule has 16 heavy (non-hydrogen) atoms. The van der Waals surface area contributed by atoms with Crippen LogP contribution in [0.3, 0.4) is 0 Å². The summed E-state index contributed by atoms with van der Waals surface area (Å²) in [5.41, 5.74) is -1.69. The molecule has 0 rings (SSSR count). The molecule has 1 atom stereocenters. The average Bonchev–Trinajstić information content (AvgIpc) is 2.13. The van der Waals surface area contributed by atoms with Gasteiger partial charge in [0, 0.05) is 12.2 Å². The van der Waals surface area contributed by atoms with Crippen molar-refractivity contribution in [2.45, 2.75) is 19.3 Å². The maximum Gasteiger partial charge on any atom is 0.332 e. The van der Waals surface area contributed by atoms with Gasteiger partial charge in [-0.3, -0.25) is 4.55 Å². The Bertz CT molecular complexity index is 381. The highest BCUT2D eigenvalue weighted by Gasteiger charge is 2.20. The number of carbonyl (C=O) groups excluding carboxylic acids is 2. The van der Waals surface area contributed by atoms with Gasteiger partial charge in [0.2, 0.25) is 5.44 Å². The number of esters is 2. The van der Waals surface area contributed by atoms with Crippen molar-refractivity contribution in [3.8, 4) is 0 Å². The first-order valence-electron chi connectivity index (χ1n) is 4.29. The SMILES string of the molecule is CCOC(=O)/C=C\C(=O)OC(C)S(=O)(=O)O. The molecule has 0 heterocycles.